The molecule has 3 aromatic rings. The standard InChI is InChI=1S/C27H26N2O4/c1-17(2)33-22-12-10-20(11-13-22)24-23(25(30)21-8-6-18(3)7-9-21)26(31)27(32)29(24)16-19-5-4-14-28-15-19/h4-15,17,24,30H,16H2,1-3H3/b25-23+/t24-/m1/s1. The van der Waals surface area contributed by atoms with Gasteiger partial charge in [-0.15, -0.1) is 0 Å². The summed E-state index contributed by atoms with van der Waals surface area (Å²) in [4.78, 5) is 31.8. The van der Waals surface area contributed by atoms with E-state index < -0.39 is 17.7 Å². The van der Waals surface area contributed by atoms with Gasteiger partial charge in [0.05, 0.1) is 17.7 Å². The molecule has 4 rings (SSSR count). The van der Waals surface area contributed by atoms with Crippen LogP contribution in [0.25, 0.3) is 5.76 Å². The van der Waals surface area contributed by atoms with Crippen LogP contribution in [0, 0.1) is 6.92 Å². The Morgan fingerprint density at radius 2 is 1.76 bits per heavy atom. The molecule has 1 fully saturated rings. The third-order valence-electron chi connectivity index (χ3n) is 5.51. The van der Waals surface area contributed by atoms with E-state index in [0.29, 0.717) is 16.9 Å². The first-order valence-corrected chi connectivity index (χ1v) is 10.9. The molecule has 168 valence electrons. The summed E-state index contributed by atoms with van der Waals surface area (Å²) in [6, 6.07) is 17.4. The first kappa shape index (κ1) is 22.3. The van der Waals surface area contributed by atoms with E-state index in [4.69, 9.17) is 4.74 Å². The number of ether oxygens (including phenoxy) is 1. The van der Waals surface area contributed by atoms with Crippen LogP contribution in [0.3, 0.4) is 0 Å². The van der Waals surface area contributed by atoms with Gasteiger partial charge in [0.1, 0.15) is 11.5 Å². The van der Waals surface area contributed by atoms with Gasteiger partial charge in [0.25, 0.3) is 11.7 Å². The highest BCUT2D eigenvalue weighted by Gasteiger charge is 2.46. The Kier molecular flexibility index (Phi) is 6.27. The van der Waals surface area contributed by atoms with Crippen LogP contribution in [-0.2, 0) is 16.1 Å². The molecule has 0 saturated carbocycles. The molecule has 1 atom stereocenters. The molecule has 1 aliphatic heterocycles. The van der Waals surface area contributed by atoms with Crippen LogP contribution in [0.2, 0.25) is 0 Å². The minimum atomic E-state index is -0.736. The third kappa shape index (κ3) is 4.65. The van der Waals surface area contributed by atoms with Crippen molar-refractivity contribution in [3.63, 3.8) is 0 Å². The quantitative estimate of drug-likeness (QED) is 0.337. The van der Waals surface area contributed by atoms with Crippen molar-refractivity contribution in [2.24, 2.45) is 0 Å². The summed E-state index contributed by atoms with van der Waals surface area (Å²) < 4.78 is 5.73. The molecule has 2 heterocycles. The maximum absolute atomic E-state index is 13.1. The number of carbonyl (C=O) groups is 2. The average molecular weight is 443 g/mol. The van der Waals surface area contributed by atoms with Crippen LogP contribution in [-0.4, -0.2) is 32.8 Å². The first-order valence-electron chi connectivity index (χ1n) is 10.9. The Bertz CT molecular complexity index is 1180. The number of nitrogens with zero attached hydrogens (tertiary/aromatic N) is 2. The molecule has 0 spiro atoms. The van der Waals surface area contributed by atoms with Crippen LogP contribution in [0.4, 0.5) is 0 Å². The molecule has 0 bridgehead atoms. The smallest absolute Gasteiger partial charge is 0.295 e. The Morgan fingerprint density at radius 3 is 2.36 bits per heavy atom. The zero-order chi connectivity index (χ0) is 23.5. The summed E-state index contributed by atoms with van der Waals surface area (Å²) in [7, 11) is 0. The minimum Gasteiger partial charge on any atom is -0.507 e. The lowest BCUT2D eigenvalue weighted by Crippen LogP contribution is -2.29. The molecular formula is C27H26N2O4. The summed E-state index contributed by atoms with van der Waals surface area (Å²) in [6.07, 6.45) is 3.34. The van der Waals surface area contributed by atoms with Gasteiger partial charge in [0, 0.05) is 24.5 Å². The summed E-state index contributed by atoms with van der Waals surface area (Å²) in [5.41, 5.74) is 3.10. The number of pyridine rings is 1. The highest BCUT2D eigenvalue weighted by molar-refractivity contribution is 6.46. The number of rotatable bonds is 6. The van der Waals surface area contributed by atoms with Crippen molar-refractivity contribution >= 4 is 17.4 Å². The Labute approximate surface area is 193 Å². The summed E-state index contributed by atoms with van der Waals surface area (Å²) in [5, 5.41) is 11.1. The maximum atomic E-state index is 13.1. The Hall–Kier alpha value is -3.93. The number of Topliss-reactive ketones (excluding diaryl/α,β-unsaturated/α-hetero) is 1. The van der Waals surface area contributed by atoms with Gasteiger partial charge < -0.3 is 14.7 Å². The van der Waals surface area contributed by atoms with Gasteiger partial charge in [-0.1, -0.05) is 48.0 Å². The molecule has 1 aliphatic rings. The Balaban J connectivity index is 1.81. The molecule has 6 heteroatoms. The van der Waals surface area contributed by atoms with Crippen molar-refractivity contribution in [2.45, 2.75) is 39.5 Å². The second kappa shape index (κ2) is 9.28. The summed E-state index contributed by atoms with van der Waals surface area (Å²) in [6.45, 7) is 6.02. The fraction of sp³-hybridized carbons (Fsp3) is 0.222. The number of aryl methyl sites for hydroxylation is 1. The largest absolute Gasteiger partial charge is 0.507 e. The predicted octanol–water partition coefficient (Wildman–Crippen LogP) is 4.80. The van der Waals surface area contributed by atoms with E-state index >= 15 is 0 Å². The molecule has 33 heavy (non-hydrogen) atoms. The number of carbonyl (C=O) groups excluding carboxylic acids is 2. The van der Waals surface area contributed by atoms with E-state index in [1.54, 1.807) is 30.6 Å². The van der Waals surface area contributed by atoms with E-state index in [0.717, 1.165) is 11.1 Å². The van der Waals surface area contributed by atoms with Crippen molar-refractivity contribution in [2.75, 3.05) is 0 Å². The molecule has 1 aromatic heterocycles. The van der Waals surface area contributed by atoms with Crippen molar-refractivity contribution in [1.29, 1.82) is 0 Å². The van der Waals surface area contributed by atoms with Crippen LogP contribution in [0.15, 0.2) is 78.6 Å². The van der Waals surface area contributed by atoms with Gasteiger partial charge in [-0.3, -0.25) is 14.6 Å². The molecule has 1 amide bonds. The monoisotopic (exact) mass is 442 g/mol. The van der Waals surface area contributed by atoms with Gasteiger partial charge in [0.15, 0.2) is 0 Å². The molecule has 0 radical (unpaired) electrons. The van der Waals surface area contributed by atoms with Crippen molar-refractivity contribution < 1.29 is 19.4 Å². The first-order chi connectivity index (χ1) is 15.8. The third-order valence-corrected chi connectivity index (χ3v) is 5.51. The maximum Gasteiger partial charge on any atom is 0.295 e. The fourth-order valence-corrected chi connectivity index (χ4v) is 3.95. The lowest BCUT2D eigenvalue weighted by atomic mass is 9.95. The molecule has 6 nitrogen and oxygen atoms in total. The number of amides is 1. The SMILES string of the molecule is Cc1ccc(/C(O)=C2\C(=O)C(=O)N(Cc3cccnc3)[C@@H]2c2ccc(OC(C)C)cc2)cc1. The van der Waals surface area contributed by atoms with Gasteiger partial charge in [-0.25, -0.2) is 0 Å². The van der Waals surface area contributed by atoms with Crippen LogP contribution < -0.4 is 4.74 Å². The molecule has 1 N–H and O–H groups in total. The Morgan fingerprint density at radius 1 is 1.06 bits per heavy atom. The number of hydrogen-bond donors (Lipinski definition) is 1. The van der Waals surface area contributed by atoms with Crippen molar-refractivity contribution in [3.05, 3.63) is 101 Å². The number of aromatic nitrogens is 1. The summed E-state index contributed by atoms with van der Waals surface area (Å²) >= 11 is 0. The number of hydrogen-bond acceptors (Lipinski definition) is 5. The van der Waals surface area contributed by atoms with E-state index in [9.17, 15) is 14.7 Å². The van der Waals surface area contributed by atoms with Crippen LogP contribution in [0.5, 0.6) is 5.75 Å². The lowest BCUT2D eigenvalue weighted by molar-refractivity contribution is -0.140. The molecule has 2 aromatic carbocycles. The van der Waals surface area contributed by atoms with Crippen molar-refractivity contribution in [3.8, 4) is 5.75 Å². The molecule has 0 aliphatic carbocycles. The molecule has 1 saturated heterocycles. The zero-order valence-corrected chi connectivity index (χ0v) is 18.9. The number of likely N-dealkylation sites (tertiary alicyclic amines) is 1. The number of ketones is 1. The average Bonchev–Trinajstić information content (AvgIpc) is 3.05. The zero-order valence-electron chi connectivity index (χ0n) is 18.9. The van der Waals surface area contributed by atoms with Gasteiger partial charge >= 0.3 is 0 Å². The topological polar surface area (TPSA) is 79.7 Å². The minimum absolute atomic E-state index is 0.0219. The highest BCUT2D eigenvalue weighted by atomic mass is 16.5. The van der Waals surface area contributed by atoms with Crippen molar-refractivity contribution in [1.82, 2.24) is 9.88 Å². The van der Waals surface area contributed by atoms with Gasteiger partial charge in [0.2, 0.25) is 0 Å². The van der Waals surface area contributed by atoms with E-state index in [1.807, 2.05) is 63.2 Å². The number of benzene rings is 2. The predicted molar refractivity (Wildman–Crippen MR) is 125 cm³/mol. The number of aliphatic hydroxyl groups is 1. The lowest BCUT2D eigenvalue weighted by Gasteiger charge is -2.25. The highest BCUT2D eigenvalue weighted by Crippen LogP contribution is 2.40. The summed E-state index contributed by atoms with van der Waals surface area (Å²) in [5.74, 6) is -0.851. The molecular weight excluding hydrogens is 416 g/mol. The second-order valence-electron chi connectivity index (χ2n) is 8.39. The van der Waals surface area contributed by atoms with Gasteiger partial charge in [-0.2, -0.15) is 0 Å². The second-order valence-corrected chi connectivity index (χ2v) is 8.39. The van der Waals surface area contributed by atoms with E-state index in [-0.39, 0.29) is 24.0 Å². The molecule has 0 unspecified atom stereocenters. The van der Waals surface area contributed by atoms with Crippen LogP contribution in [0.1, 0.15) is 42.1 Å². The van der Waals surface area contributed by atoms with Crippen LogP contribution >= 0.6 is 0 Å². The van der Waals surface area contributed by atoms with E-state index in [2.05, 4.69) is 4.98 Å². The fourth-order valence-electron chi connectivity index (χ4n) is 3.95. The van der Waals surface area contributed by atoms with E-state index in [1.165, 1.54) is 4.90 Å². The number of aliphatic hydroxyl groups excluding tert-OH is 1. The van der Waals surface area contributed by atoms with Gasteiger partial charge in [-0.05, 0) is 50.1 Å². The normalized spacial score (nSPS) is 17.6.